The van der Waals surface area contributed by atoms with Crippen molar-refractivity contribution in [3.8, 4) is 0 Å². The van der Waals surface area contributed by atoms with Crippen LogP contribution in [0.5, 0.6) is 0 Å². The molecule has 0 aliphatic carbocycles. The topological polar surface area (TPSA) is 37.6 Å². The number of hydrogen-bond donors (Lipinski definition) is 0. The Morgan fingerprint density at radius 2 is 1.40 bits per heavy atom. The highest BCUT2D eigenvalue weighted by atomic mass is 31.2. The minimum absolute atomic E-state index is 0.796. The lowest BCUT2D eigenvalue weighted by atomic mass is 10.4. The lowest BCUT2D eigenvalue weighted by Crippen LogP contribution is -2.29. The lowest BCUT2D eigenvalue weighted by Gasteiger charge is -2.20. The number of rotatable bonds is 5. The molecule has 0 bridgehead atoms. The molecule has 128 valence electrons. The molecular formula is C20H22N3OP. The average molecular weight is 351 g/mol. The van der Waals surface area contributed by atoms with Gasteiger partial charge in [-0.2, -0.15) is 5.10 Å². The van der Waals surface area contributed by atoms with Gasteiger partial charge in [0.2, 0.25) is 0 Å². The van der Waals surface area contributed by atoms with Crippen molar-refractivity contribution in [2.24, 2.45) is 12.1 Å². The molecule has 0 aliphatic rings. The highest BCUT2D eigenvalue weighted by Gasteiger charge is 2.32. The van der Waals surface area contributed by atoms with E-state index in [1.54, 1.807) is 11.2 Å². The Hall–Kier alpha value is -2.58. The molecule has 0 saturated heterocycles. The summed E-state index contributed by atoms with van der Waals surface area (Å²) in [6.45, 7) is 0. The van der Waals surface area contributed by atoms with E-state index in [0.717, 1.165) is 21.7 Å². The normalized spacial score (nSPS) is 11.8. The molecular weight excluding hydrogens is 329 g/mol. The Morgan fingerprint density at radius 3 is 1.88 bits per heavy atom. The van der Waals surface area contributed by atoms with Gasteiger partial charge < -0.3 is 14.1 Å². The fraction of sp³-hybridized carbons (Fsp3) is 0.150. The van der Waals surface area contributed by atoms with Crippen LogP contribution < -0.4 is 16.0 Å². The van der Waals surface area contributed by atoms with Gasteiger partial charge in [0.1, 0.15) is 0 Å². The fourth-order valence-electron chi connectivity index (χ4n) is 2.83. The third kappa shape index (κ3) is 3.31. The summed E-state index contributed by atoms with van der Waals surface area (Å²) in [7, 11) is 2.73. The summed E-state index contributed by atoms with van der Waals surface area (Å²) in [6.07, 6.45) is 1.78. The summed E-state index contributed by atoms with van der Waals surface area (Å²) in [6, 6.07) is 23.3. The average Bonchev–Trinajstić information content (AvgIpc) is 3.02. The Bertz CT molecular complexity index is 871. The van der Waals surface area contributed by atoms with Crippen molar-refractivity contribution in [3.63, 3.8) is 0 Å². The Morgan fingerprint density at radius 1 is 0.880 bits per heavy atom. The smallest absolute Gasteiger partial charge is 0.186 e. The lowest BCUT2D eigenvalue weighted by molar-refractivity contribution is 0.440. The largest absolute Gasteiger partial charge is 0.340 e. The van der Waals surface area contributed by atoms with Gasteiger partial charge >= 0.3 is 0 Å². The molecule has 2 aromatic carbocycles. The first kappa shape index (κ1) is 17.2. The predicted molar refractivity (Wildman–Crippen MR) is 106 cm³/mol. The quantitative estimate of drug-likeness (QED) is 0.403. The van der Waals surface area contributed by atoms with Crippen molar-refractivity contribution in [1.29, 1.82) is 0 Å². The minimum atomic E-state index is -2.95. The number of benzene rings is 2. The number of hydrazone groups is 1. The van der Waals surface area contributed by atoms with E-state index in [2.05, 4.69) is 5.10 Å². The zero-order valence-corrected chi connectivity index (χ0v) is 15.6. The molecule has 0 spiro atoms. The van der Waals surface area contributed by atoms with Crippen molar-refractivity contribution >= 4 is 29.4 Å². The van der Waals surface area contributed by atoms with E-state index < -0.39 is 7.14 Å². The molecule has 1 aromatic heterocycles. The Labute approximate surface area is 148 Å². The first-order chi connectivity index (χ1) is 12.0. The maximum atomic E-state index is 14.3. The second kappa shape index (κ2) is 7.12. The van der Waals surface area contributed by atoms with Crippen LogP contribution in [0.15, 0.2) is 77.9 Å². The van der Waals surface area contributed by atoms with Crippen LogP contribution in [0.3, 0.4) is 0 Å². The molecule has 0 N–H and O–H groups in total. The van der Waals surface area contributed by atoms with Crippen LogP contribution in [-0.2, 0) is 11.6 Å². The van der Waals surface area contributed by atoms with Gasteiger partial charge in [-0.1, -0.05) is 60.7 Å². The van der Waals surface area contributed by atoms with Crippen molar-refractivity contribution in [2.45, 2.75) is 0 Å². The summed E-state index contributed by atoms with van der Waals surface area (Å²) in [5, 5.41) is 7.69. The van der Waals surface area contributed by atoms with Crippen LogP contribution in [0, 0.1) is 0 Å². The second-order valence-electron chi connectivity index (χ2n) is 6.05. The first-order valence-electron chi connectivity index (χ1n) is 8.12. The highest BCUT2D eigenvalue weighted by molar-refractivity contribution is 7.85. The van der Waals surface area contributed by atoms with Crippen LogP contribution in [0.25, 0.3) is 0 Å². The molecule has 0 unspecified atom stereocenters. The highest BCUT2D eigenvalue weighted by Crippen LogP contribution is 2.42. The maximum absolute atomic E-state index is 14.3. The van der Waals surface area contributed by atoms with E-state index >= 15 is 0 Å². The van der Waals surface area contributed by atoms with Gasteiger partial charge in [0.25, 0.3) is 0 Å². The molecule has 3 rings (SSSR count). The van der Waals surface area contributed by atoms with E-state index in [1.807, 2.05) is 98.5 Å². The molecule has 4 nitrogen and oxygen atoms in total. The standard InChI is InChI=1S/C20H22N3OP/c1-22(2)21-16-17-14-15-20(23(17)3)25(24,18-10-6-4-7-11-18)19-12-8-5-9-13-19/h4-16H,1-3H3. The van der Waals surface area contributed by atoms with Gasteiger partial charge in [-0.15, -0.1) is 0 Å². The van der Waals surface area contributed by atoms with E-state index in [9.17, 15) is 4.57 Å². The minimum Gasteiger partial charge on any atom is -0.340 e. The number of aromatic nitrogens is 1. The first-order valence-corrected chi connectivity index (χ1v) is 9.83. The summed E-state index contributed by atoms with van der Waals surface area (Å²) < 4.78 is 16.3. The molecule has 0 amide bonds. The molecule has 1 heterocycles. The summed E-state index contributed by atoms with van der Waals surface area (Å²) >= 11 is 0. The monoisotopic (exact) mass is 351 g/mol. The van der Waals surface area contributed by atoms with E-state index in [4.69, 9.17) is 0 Å². The van der Waals surface area contributed by atoms with Crippen molar-refractivity contribution < 1.29 is 4.57 Å². The number of hydrogen-bond acceptors (Lipinski definition) is 3. The van der Waals surface area contributed by atoms with Gasteiger partial charge in [0.05, 0.1) is 17.3 Å². The number of nitrogens with zero attached hydrogens (tertiary/aromatic N) is 3. The third-order valence-corrected chi connectivity index (χ3v) is 7.26. The van der Waals surface area contributed by atoms with Gasteiger partial charge in [-0.3, -0.25) is 0 Å². The Balaban J connectivity index is 2.20. The third-order valence-electron chi connectivity index (χ3n) is 4.12. The second-order valence-corrected chi connectivity index (χ2v) is 8.76. The van der Waals surface area contributed by atoms with Crippen LogP contribution in [0.2, 0.25) is 0 Å². The van der Waals surface area contributed by atoms with E-state index in [1.165, 1.54) is 0 Å². The molecule has 0 saturated carbocycles. The molecule has 0 fully saturated rings. The molecule has 0 atom stereocenters. The summed E-state index contributed by atoms with van der Waals surface area (Å²) in [5.41, 5.74) is 1.71. The van der Waals surface area contributed by atoms with Crippen molar-refractivity contribution in [3.05, 3.63) is 78.5 Å². The van der Waals surface area contributed by atoms with Crippen LogP contribution in [-0.4, -0.2) is 29.9 Å². The van der Waals surface area contributed by atoms with Crippen molar-refractivity contribution in [1.82, 2.24) is 9.58 Å². The fourth-order valence-corrected chi connectivity index (χ4v) is 5.66. The van der Waals surface area contributed by atoms with Gasteiger partial charge in [-0.05, 0) is 12.1 Å². The molecule has 25 heavy (non-hydrogen) atoms. The summed E-state index contributed by atoms with van der Waals surface area (Å²) in [4.78, 5) is 0. The molecule has 5 heteroatoms. The maximum Gasteiger partial charge on any atom is 0.186 e. The SMILES string of the molecule is CN(C)N=Cc1ccc(P(=O)(c2ccccc2)c2ccccc2)n1C. The summed E-state index contributed by atoms with van der Waals surface area (Å²) in [5.74, 6) is 0. The van der Waals surface area contributed by atoms with Gasteiger partial charge in [0, 0.05) is 31.8 Å². The predicted octanol–water partition coefficient (Wildman–Crippen LogP) is 2.56. The van der Waals surface area contributed by atoms with E-state index in [-0.39, 0.29) is 0 Å². The van der Waals surface area contributed by atoms with Crippen LogP contribution >= 0.6 is 7.14 Å². The van der Waals surface area contributed by atoms with Crippen LogP contribution in [0.1, 0.15) is 5.69 Å². The zero-order valence-electron chi connectivity index (χ0n) is 14.7. The Kier molecular flexibility index (Phi) is 4.91. The molecule has 3 aromatic rings. The van der Waals surface area contributed by atoms with Crippen molar-refractivity contribution in [2.75, 3.05) is 14.1 Å². The van der Waals surface area contributed by atoms with E-state index in [0.29, 0.717) is 0 Å². The van der Waals surface area contributed by atoms with Gasteiger partial charge in [0.15, 0.2) is 7.14 Å². The molecule has 0 radical (unpaired) electrons. The van der Waals surface area contributed by atoms with Gasteiger partial charge in [-0.25, -0.2) is 0 Å². The molecule has 0 aliphatic heterocycles. The van der Waals surface area contributed by atoms with Crippen LogP contribution in [0.4, 0.5) is 0 Å². The zero-order chi connectivity index (χ0) is 17.9.